The highest BCUT2D eigenvalue weighted by Gasteiger charge is 2.61. The number of nitrogens with zero attached hydrogens (tertiary/aromatic N) is 2. The number of phenols is 1. The van der Waals surface area contributed by atoms with E-state index in [-0.39, 0.29) is 35.2 Å². The summed E-state index contributed by atoms with van der Waals surface area (Å²) in [6, 6.07) is 0. The molecule has 0 saturated carbocycles. The molecule has 9 heteroatoms. The highest BCUT2D eigenvalue weighted by Crippen LogP contribution is 2.59. The number of allylic oxidation sites excluding steroid dienone is 5. The maximum atomic E-state index is 14.7. The number of hydrogen-bond donors (Lipinski definition) is 2. The third kappa shape index (κ3) is 6.91. The number of phenolic OH excluding ortho intramolecular Hbond substituents is 1. The molecule has 0 radical (unpaired) electrons. The number of carbonyl (C=O) groups excluding carboxylic acids is 3. The van der Waals surface area contributed by atoms with Gasteiger partial charge in [-0.15, -0.1) is 0 Å². The van der Waals surface area contributed by atoms with Crippen molar-refractivity contribution in [3.8, 4) is 17.2 Å². The van der Waals surface area contributed by atoms with Crippen LogP contribution in [0.2, 0.25) is 0 Å². The Morgan fingerprint density at radius 1 is 0.963 bits per heavy atom. The number of ether oxygens (including phenoxy) is 2. The predicted molar refractivity (Wildman–Crippen MR) is 212 cm³/mol. The fourth-order valence-corrected chi connectivity index (χ4v) is 9.16. The molecule has 3 heterocycles. The summed E-state index contributed by atoms with van der Waals surface area (Å²) in [5, 5.41) is 24.5. The Hall–Kier alpha value is -3.95. The van der Waals surface area contributed by atoms with E-state index in [4.69, 9.17) is 9.47 Å². The third-order valence-electron chi connectivity index (χ3n) is 12.6. The van der Waals surface area contributed by atoms with Crippen LogP contribution in [-0.2, 0) is 16.0 Å². The molecule has 0 aromatic heterocycles. The van der Waals surface area contributed by atoms with Crippen molar-refractivity contribution >= 4 is 23.5 Å². The van der Waals surface area contributed by atoms with E-state index in [9.17, 15) is 24.6 Å². The minimum absolute atomic E-state index is 0.0428. The van der Waals surface area contributed by atoms with Crippen molar-refractivity contribution in [1.82, 2.24) is 9.80 Å². The molecule has 54 heavy (non-hydrogen) atoms. The molecule has 1 fully saturated rings. The quantitative estimate of drug-likeness (QED) is 0.208. The monoisotopic (exact) mass is 740 g/mol. The Morgan fingerprint density at radius 2 is 1.63 bits per heavy atom. The van der Waals surface area contributed by atoms with Gasteiger partial charge in [-0.2, -0.15) is 0 Å². The number of aliphatic hydroxyl groups is 1. The molecular weight excluding hydrogens is 681 g/mol. The van der Waals surface area contributed by atoms with Crippen LogP contribution in [0.5, 0.6) is 17.2 Å². The number of fused-ring (bicyclic) bond motifs is 4. The summed E-state index contributed by atoms with van der Waals surface area (Å²) < 4.78 is 13.8. The summed E-state index contributed by atoms with van der Waals surface area (Å²) in [5.41, 5.74) is 2.23. The Morgan fingerprint density at radius 3 is 2.28 bits per heavy atom. The first kappa shape index (κ1) is 39.7. The highest BCUT2D eigenvalue weighted by atomic mass is 16.5. The zero-order chi connectivity index (χ0) is 39.5. The Balaban J connectivity index is 1.40. The zero-order valence-corrected chi connectivity index (χ0v) is 34.0. The van der Waals surface area contributed by atoms with Crippen LogP contribution in [0.1, 0.15) is 116 Å². The standard InChI is InChI=1S/C45H60N2O7/c1-26(2)12-11-17-44(9)18-16-31-36(48)34-37(49)33-25-30-24-29(6)41(50)45(52,19-15-28(5)42(51)47-22-20-46(10)21-23-47)43(7,8)35(30)40(33)53-39(34)32(38(31)54-44)14-13-27(3)4/h12-13,15-16,18,29,33,40,48,52H,11,14,17,19-25H2,1-10H3/b28-15-. The minimum atomic E-state index is -1.86. The number of benzene rings is 1. The summed E-state index contributed by atoms with van der Waals surface area (Å²) >= 11 is 0. The predicted octanol–water partition coefficient (Wildman–Crippen LogP) is 7.55. The molecule has 5 aliphatic rings. The molecule has 1 saturated heterocycles. The average molecular weight is 741 g/mol. The molecule has 2 aliphatic carbocycles. The van der Waals surface area contributed by atoms with E-state index in [1.807, 2.05) is 65.6 Å². The van der Waals surface area contributed by atoms with Gasteiger partial charge >= 0.3 is 0 Å². The van der Waals surface area contributed by atoms with Gasteiger partial charge in [-0.3, -0.25) is 14.4 Å². The number of hydrogen-bond acceptors (Lipinski definition) is 8. The van der Waals surface area contributed by atoms with Crippen molar-refractivity contribution in [1.29, 1.82) is 0 Å². The number of piperazine rings is 1. The van der Waals surface area contributed by atoms with Crippen LogP contribution in [0.3, 0.4) is 0 Å². The van der Waals surface area contributed by atoms with Gasteiger partial charge in [0.1, 0.15) is 40.1 Å². The second-order valence-electron chi connectivity index (χ2n) is 17.7. The topological polar surface area (TPSA) is 117 Å². The van der Waals surface area contributed by atoms with Crippen molar-refractivity contribution in [2.24, 2.45) is 17.3 Å². The van der Waals surface area contributed by atoms with Crippen LogP contribution in [0.15, 0.2) is 52.2 Å². The van der Waals surface area contributed by atoms with E-state index < -0.39 is 34.6 Å². The first-order valence-corrected chi connectivity index (χ1v) is 19.7. The van der Waals surface area contributed by atoms with Gasteiger partial charge in [0.05, 0.1) is 11.5 Å². The lowest BCUT2D eigenvalue weighted by Crippen LogP contribution is -2.55. The summed E-state index contributed by atoms with van der Waals surface area (Å²) in [7, 11) is 2.04. The molecule has 1 amide bonds. The van der Waals surface area contributed by atoms with Crippen molar-refractivity contribution in [3.63, 3.8) is 0 Å². The molecule has 3 aliphatic heterocycles. The van der Waals surface area contributed by atoms with Crippen molar-refractivity contribution in [3.05, 3.63) is 68.9 Å². The van der Waals surface area contributed by atoms with Crippen LogP contribution < -0.4 is 9.47 Å². The molecule has 0 spiro atoms. The average Bonchev–Trinajstić information content (AvgIpc) is 3.46. The van der Waals surface area contributed by atoms with Crippen LogP contribution in [-0.4, -0.2) is 88.0 Å². The van der Waals surface area contributed by atoms with E-state index in [1.54, 1.807) is 13.0 Å². The lowest BCUT2D eigenvalue weighted by molar-refractivity contribution is -0.151. The van der Waals surface area contributed by atoms with Gasteiger partial charge in [0.15, 0.2) is 11.6 Å². The maximum absolute atomic E-state index is 14.7. The fraction of sp³-hybridized carbons (Fsp3) is 0.578. The molecule has 1 aromatic rings. The van der Waals surface area contributed by atoms with Crippen LogP contribution >= 0.6 is 0 Å². The summed E-state index contributed by atoms with van der Waals surface area (Å²) in [5.74, 6) is -1.03. The van der Waals surface area contributed by atoms with Gasteiger partial charge in [-0.05, 0) is 98.4 Å². The van der Waals surface area contributed by atoms with Crippen LogP contribution in [0.4, 0.5) is 0 Å². The normalized spacial score (nSPS) is 29.0. The van der Waals surface area contributed by atoms with E-state index in [2.05, 4.69) is 30.9 Å². The minimum Gasteiger partial charge on any atom is -0.506 e. The molecular formula is C45H60N2O7. The molecule has 5 atom stereocenters. The second-order valence-corrected chi connectivity index (χ2v) is 17.7. The Labute approximate surface area is 321 Å². The smallest absolute Gasteiger partial charge is 0.249 e. The van der Waals surface area contributed by atoms with Crippen molar-refractivity contribution < 1.29 is 34.1 Å². The lowest BCUT2D eigenvalue weighted by atomic mass is 9.63. The molecule has 292 valence electrons. The summed E-state index contributed by atoms with van der Waals surface area (Å²) in [6.07, 6.45) is 11.8. The van der Waals surface area contributed by atoms with Crippen LogP contribution in [0.25, 0.3) is 6.08 Å². The SMILES string of the molecule is CC(C)=CCCC1(C)C=Cc2c(O)c3c(c(CC=C(C)C)c2O1)OC1C2=C(CC(C)C(=O)C(O)(C/C=C(/C)C(=O)N4CCN(C)CC4)C2(C)C)CC1C3=O. The maximum Gasteiger partial charge on any atom is 0.249 e. The van der Waals surface area contributed by atoms with Gasteiger partial charge in [-0.1, -0.05) is 55.7 Å². The first-order chi connectivity index (χ1) is 25.3. The Bertz CT molecular complexity index is 1900. The summed E-state index contributed by atoms with van der Waals surface area (Å²) in [6.45, 7) is 20.4. The highest BCUT2D eigenvalue weighted by molar-refractivity contribution is 6.07. The van der Waals surface area contributed by atoms with Crippen molar-refractivity contribution in [2.75, 3.05) is 33.2 Å². The molecule has 0 bridgehead atoms. The molecule has 1 aromatic carbocycles. The van der Waals surface area contributed by atoms with E-state index in [0.717, 1.165) is 42.7 Å². The van der Waals surface area contributed by atoms with Gasteiger partial charge in [0.25, 0.3) is 0 Å². The van der Waals surface area contributed by atoms with Gasteiger partial charge in [0.2, 0.25) is 5.91 Å². The number of amides is 1. The first-order valence-electron chi connectivity index (χ1n) is 19.7. The zero-order valence-electron chi connectivity index (χ0n) is 34.0. The molecule has 6 rings (SSSR count). The number of likely N-dealkylation sites (N-methyl/N-ethyl adjacent to an activating group) is 1. The molecule has 2 N–H and O–H groups in total. The number of rotatable bonds is 8. The third-order valence-corrected chi connectivity index (χ3v) is 12.6. The molecule has 9 nitrogen and oxygen atoms in total. The van der Waals surface area contributed by atoms with Gasteiger partial charge < -0.3 is 29.5 Å². The Kier molecular flexibility index (Phi) is 10.7. The van der Waals surface area contributed by atoms with E-state index >= 15 is 0 Å². The molecule has 5 unspecified atom stereocenters. The van der Waals surface area contributed by atoms with Gasteiger partial charge in [-0.25, -0.2) is 0 Å². The number of ketones is 2. The van der Waals surface area contributed by atoms with Crippen molar-refractivity contribution in [2.45, 2.75) is 118 Å². The number of carbonyl (C=O) groups is 3. The van der Waals surface area contributed by atoms with Crippen LogP contribution in [0, 0.1) is 17.3 Å². The fourth-order valence-electron chi connectivity index (χ4n) is 9.16. The lowest BCUT2D eigenvalue weighted by Gasteiger charge is -2.45. The number of aromatic hydroxyl groups is 1. The van der Waals surface area contributed by atoms with E-state index in [1.165, 1.54) is 5.57 Å². The second kappa shape index (κ2) is 14.6. The summed E-state index contributed by atoms with van der Waals surface area (Å²) in [4.78, 5) is 46.4. The van der Waals surface area contributed by atoms with Gasteiger partial charge in [0, 0.05) is 55.1 Å². The van der Waals surface area contributed by atoms with E-state index in [0.29, 0.717) is 60.6 Å². The largest absolute Gasteiger partial charge is 0.506 e. The number of Topliss-reactive ketones (excluding diaryl/α,β-unsaturated/α-hetero) is 2.